The van der Waals surface area contributed by atoms with Crippen LogP contribution in [-0.4, -0.2) is 5.78 Å². The molecule has 0 saturated heterocycles. The first-order valence-corrected chi connectivity index (χ1v) is 6.79. The molecule has 1 aromatic rings. The van der Waals surface area contributed by atoms with Gasteiger partial charge in [-0.3, -0.25) is 4.79 Å². The van der Waals surface area contributed by atoms with Gasteiger partial charge >= 0.3 is 0 Å². The van der Waals surface area contributed by atoms with E-state index in [0.717, 1.165) is 18.4 Å². The van der Waals surface area contributed by atoms with Crippen LogP contribution in [0, 0.1) is 6.92 Å². The minimum absolute atomic E-state index is 0.380. The lowest BCUT2D eigenvalue weighted by atomic mass is 10.0. The van der Waals surface area contributed by atoms with Crippen molar-refractivity contribution < 1.29 is 4.79 Å². The van der Waals surface area contributed by atoms with Crippen molar-refractivity contribution in [3.63, 3.8) is 0 Å². The standard InChI is InChI=1S/C16H24O/c1-3-4-5-6-7-8-16(17)13-15-11-9-14(2)10-12-15/h9-12H,3-8,13H2,1-2H3. The number of hydrogen-bond acceptors (Lipinski definition) is 1. The number of unbranched alkanes of at least 4 members (excludes halogenated alkanes) is 4. The molecule has 0 fully saturated rings. The van der Waals surface area contributed by atoms with Crippen molar-refractivity contribution in [3.05, 3.63) is 35.4 Å². The molecule has 0 aliphatic heterocycles. The number of benzene rings is 1. The summed E-state index contributed by atoms with van der Waals surface area (Å²) in [4.78, 5) is 11.7. The average Bonchev–Trinajstić information content (AvgIpc) is 2.32. The second-order valence-electron chi connectivity index (χ2n) is 4.87. The molecule has 0 atom stereocenters. The summed E-state index contributed by atoms with van der Waals surface area (Å²) in [5, 5.41) is 0. The van der Waals surface area contributed by atoms with Crippen molar-refractivity contribution in [2.24, 2.45) is 0 Å². The van der Waals surface area contributed by atoms with E-state index in [4.69, 9.17) is 0 Å². The van der Waals surface area contributed by atoms with Crippen LogP contribution in [0.15, 0.2) is 24.3 Å². The second kappa shape index (κ2) is 8.05. The number of hydrogen-bond donors (Lipinski definition) is 0. The van der Waals surface area contributed by atoms with E-state index in [1.807, 2.05) is 0 Å². The molecule has 0 saturated carbocycles. The van der Waals surface area contributed by atoms with Crippen LogP contribution in [0.4, 0.5) is 0 Å². The maximum Gasteiger partial charge on any atom is 0.137 e. The van der Waals surface area contributed by atoms with Crippen molar-refractivity contribution in [1.29, 1.82) is 0 Å². The van der Waals surface area contributed by atoms with Gasteiger partial charge in [-0.25, -0.2) is 0 Å². The second-order valence-corrected chi connectivity index (χ2v) is 4.87. The number of carbonyl (C=O) groups excluding carboxylic acids is 1. The van der Waals surface area contributed by atoms with E-state index in [2.05, 4.69) is 38.1 Å². The Labute approximate surface area is 105 Å². The highest BCUT2D eigenvalue weighted by molar-refractivity contribution is 5.80. The summed E-state index contributed by atoms with van der Waals surface area (Å²) >= 11 is 0. The molecule has 1 heteroatoms. The van der Waals surface area contributed by atoms with Crippen LogP contribution in [0.2, 0.25) is 0 Å². The minimum Gasteiger partial charge on any atom is -0.299 e. The van der Waals surface area contributed by atoms with Gasteiger partial charge in [0.1, 0.15) is 5.78 Å². The summed E-state index contributed by atoms with van der Waals surface area (Å²) in [7, 11) is 0. The topological polar surface area (TPSA) is 17.1 Å². The van der Waals surface area contributed by atoms with Crippen LogP contribution in [-0.2, 0) is 11.2 Å². The Bertz CT molecular complexity index is 324. The molecule has 1 rings (SSSR count). The molecule has 0 N–H and O–H groups in total. The predicted molar refractivity (Wildman–Crippen MR) is 73.3 cm³/mol. The van der Waals surface area contributed by atoms with Gasteiger partial charge in [0.25, 0.3) is 0 Å². The first-order chi connectivity index (χ1) is 8.22. The highest BCUT2D eigenvalue weighted by atomic mass is 16.1. The van der Waals surface area contributed by atoms with Crippen molar-refractivity contribution >= 4 is 5.78 Å². The normalized spacial score (nSPS) is 10.5. The molecule has 0 aliphatic carbocycles. The lowest BCUT2D eigenvalue weighted by Gasteiger charge is -2.02. The van der Waals surface area contributed by atoms with Crippen molar-refractivity contribution in [3.8, 4) is 0 Å². The smallest absolute Gasteiger partial charge is 0.137 e. The van der Waals surface area contributed by atoms with Crippen molar-refractivity contribution in [2.75, 3.05) is 0 Å². The number of aryl methyl sites for hydroxylation is 1. The Kier molecular flexibility index (Phi) is 6.61. The predicted octanol–water partition coefficient (Wildman–Crippen LogP) is 4.47. The SMILES string of the molecule is CCCCCCCC(=O)Cc1ccc(C)cc1. The Morgan fingerprint density at radius 1 is 1.00 bits per heavy atom. The third kappa shape index (κ3) is 6.25. The number of rotatable bonds is 8. The summed E-state index contributed by atoms with van der Waals surface area (Å²) in [6.07, 6.45) is 7.45. The maximum absolute atomic E-state index is 11.7. The lowest BCUT2D eigenvalue weighted by Crippen LogP contribution is -2.02. The van der Waals surface area contributed by atoms with Gasteiger partial charge in [-0.2, -0.15) is 0 Å². The van der Waals surface area contributed by atoms with Gasteiger partial charge < -0.3 is 0 Å². The average molecular weight is 232 g/mol. The molecule has 0 amide bonds. The lowest BCUT2D eigenvalue weighted by molar-refractivity contribution is -0.118. The molecule has 0 bridgehead atoms. The highest BCUT2D eigenvalue weighted by Gasteiger charge is 2.03. The van der Waals surface area contributed by atoms with E-state index in [0.29, 0.717) is 12.2 Å². The van der Waals surface area contributed by atoms with E-state index in [-0.39, 0.29) is 0 Å². The third-order valence-corrected chi connectivity index (χ3v) is 3.08. The fraction of sp³-hybridized carbons (Fsp3) is 0.562. The summed E-state index contributed by atoms with van der Waals surface area (Å²) in [6.45, 7) is 4.28. The van der Waals surface area contributed by atoms with Crippen LogP contribution < -0.4 is 0 Å². The van der Waals surface area contributed by atoms with Gasteiger partial charge in [-0.05, 0) is 18.9 Å². The molecular weight excluding hydrogens is 208 g/mol. The Morgan fingerprint density at radius 2 is 1.65 bits per heavy atom. The molecule has 0 radical (unpaired) electrons. The van der Waals surface area contributed by atoms with Crippen LogP contribution in [0.5, 0.6) is 0 Å². The molecule has 94 valence electrons. The van der Waals surface area contributed by atoms with Crippen molar-refractivity contribution in [1.82, 2.24) is 0 Å². The molecule has 17 heavy (non-hydrogen) atoms. The van der Waals surface area contributed by atoms with Crippen LogP contribution in [0.25, 0.3) is 0 Å². The molecule has 0 aliphatic rings. The third-order valence-electron chi connectivity index (χ3n) is 3.08. The van der Waals surface area contributed by atoms with Crippen LogP contribution in [0.1, 0.15) is 56.6 Å². The van der Waals surface area contributed by atoms with Gasteiger partial charge in [0.2, 0.25) is 0 Å². The first kappa shape index (κ1) is 14.0. The van der Waals surface area contributed by atoms with E-state index < -0.39 is 0 Å². The number of carbonyl (C=O) groups is 1. The summed E-state index contributed by atoms with van der Waals surface area (Å²) in [5.41, 5.74) is 2.40. The molecule has 0 aromatic heterocycles. The van der Waals surface area contributed by atoms with Gasteiger partial charge in [0, 0.05) is 12.8 Å². The maximum atomic E-state index is 11.7. The number of ketones is 1. The summed E-state index contributed by atoms with van der Waals surface area (Å²) in [5.74, 6) is 0.380. The van der Waals surface area contributed by atoms with Crippen LogP contribution in [0.3, 0.4) is 0 Å². The van der Waals surface area contributed by atoms with E-state index in [9.17, 15) is 4.79 Å². The monoisotopic (exact) mass is 232 g/mol. The zero-order valence-electron chi connectivity index (χ0n) is 11.2. The molecule has 0 heterocycles. The Morgan fingerprint density at radius 3 is 2.29 bits per heavy atom. The molecule has 0 unspecified atom stereocenters. The van der Waals surface area contributed by atoms with Gasteiger partial charge in [-0.15, -0.1) is 0 Å². The highest BCUT2D eigenvalue weighted by Crippen LogP contribution is 2.09. The van der Waals surface area contributed by atoms with Gasteiger partial charge in [0.05, 0.1) is 0 Å². The van der Waals surface area contributed by atoms with Gasteiger partial charge in [0.15, 0.2) is 0 Å². The first-order valence-electron chi connectivity index (χ1n) is 6.79. The van der Waals surface area contributed by atoms with E-state index >= 15 is 0 Å². The zero-order chi connectivity index (χ0) is 12.5. The molecular formula is C16H24O. The van der Waals surface area contributed by atoms with E-state index in [1.165, 1.54) is 31.2 Å². The van der Waals surface area contributed by atoms with Gasteiger partial charge in [-0.1, -0.05) is 62.4 Å². The largest absolute Gasteiger partial charge is 0.299 e. The fourth-order valence-corrected chi connectivity index (χ4v) is 1.95. The Hall–Kier alpha value is -1.11. The quantitative estimate of drug-likeness (QED) is 0.604. The van der Waals surface area contributed by atoms with Crippen LogP contribution >= 0.6 is 0 Å². The Balaban J connectivity index is 2.18. The fourth-order valence-electron chi connectivity index (χ4n) is 1.95. The molecule has 1 nitrogen and oxygen atoms in total. The van der Waals surface area contributed by atoms with Crippen molar-refractivity contribution in [2.45, 2.75) is 58.8 Å². The number of Topliss-reactive ketones (excluding diaryl/α,β-unsaturated/α-hetero) is 1. The zero-order valence-corrected chi connectivity index (χ0v) is 11.2. The molecule has 1 aromatic carbocycles. The minimum atomic E-state index is 0.380. The summed E-state index contributed by atoms with van der Waals surface area (Å²) in [6, 6.07) is 8.27. The van der Waals surface area contributed by atoms with E-state index in [1.54, 1.807) is 0 Å². The summed E-state index contributed by atoms with van der Waals surface area (Å²) < 4.78 is 0. The molecule has 0 spiro atoms.